The molecule has 0 bridgehead atoms. The summed E-state index contributed by atoms with van der Waals surface area (Å²) < 4.78 is 5.18. The minimum Gasteiger partial charge on any atom is -0.365 e. The monoisotopic (exact) mass is 355 g/mol. The van der Waals surface area contributed by atoms with Gasteiger partial charge in [0.15, 0.2) is 0 Å². The largest absolute Gasteiger partial charge is 0.365 e. The van der Waals surface area contributed by atoms with Crippen LogP contribution in [0.5, 0.6) is 0 Å². The molecule has 4 rings (SSSR count). The first-order valence-corrected chi connectivity index (χ1v) is 9.40. The second-order valence-corrected chi connectivity index (χ2v) is 7.27. The summed E-state index contributed by atoms with van der Waals surface area (Å²) in [5, 5.41) is 7.50. The fourth-order valence-electron chi connectivity index (χ4n) is 4.03. The molecule has 2 aromatic rings. The molecule has 1 saturated heterocycles. The maximum absolute atomic E-state index is 12.6. The van der Waals surface area contributed by atoms with Crippen LogP contribution in [-0.2, 0) is 24.1 Å². The fraction of sp³-hybridized carbons (Fsp3) is 0.579. The number of aryl methyl sites for hydroxylation is 3. The van der Waals surface area contributed by atoms with E-state index in [0.717, 1.165) is 61.6 Å². The molecule has 1 N–H and O–H groups in total. The second-order valence-electron chi connectivity index (χ2n) is 7.27. The Hall–Kier alpha value is -2.44. The van der Waals surface area contributed by atoms with Crippen molar-refractivity contribution < 1.29 is 9.32 Å². The van der Waals surface area contributed by atoms with Gasteiger partial charge in [-0.05, 0) is 46.0 Å². The van der Waals surface area contributed by atoms with Crippen molar-refractivity contribution in [2.24, 2.45) is 0 Å². The number of aromatic nitrogens is 3. The Morgan fingerprint density at radius 3 is 3.04 bits per heavy atom. The molecule has 7 nitrogen and oxygen atoms in total. The summed E-state index contributed by atoms with van der Waals surface area (Å²) >= 11 is 0. The van der Waals surface area contributed by atoms with Crippen molar-refractivity contribution in [1.29, 1.82) is 0 Å². The molecule has 1 aliphatic heterocycles. The van der Waals surface area contributed by atoms with Crippen molar-refractivity contribution in [2.75, 3.05) is 18.4 Å². The van der Waals surface area contributed by atoms with Crippen LogP contribution in [0.25, 0.3) is 0 Å². The highest BCUT2D eigenvalue weighted by molar-refractivity contribution is 5.77. The number of hydrogen-bond acceptors (Lipinski definition) is 6. The number of fused-ring (bicyclic) bond motifs is 1. The van der Waals surface area contributed by atoms with Gasteiger partial charge < -0.3 is 14.7 Å². The predicted molar refractivity (Wildman–Crippen MR) is 97.0 cm³/mol. The Labute approximate surface area is 153 Å². The standard InChI is InChI=1S/C19H25N5O2/c1-12-15(13(2)26-23-12)6-7-18(25)24-9-8-14(10-24)22-19-16-4-3-5-17(16)20-11-21-19/h11,14H,3-10H2,1-2H3,(H,20,21,22). The van der Waals surface area contributed by atoms with Crippen LogP contribution in [0.2, 0.25) is 0 Å². The van der Waals surface area contributed by atoms with Crippen molar-refractivity contribution >= 4 is 11.7 Å². The van der Waals surface area contributed by atoms with E-state index in [0.29, 0.717) is 12.8 Å². The normalized spacial score (nSPS) is 19.0. The zero-order valence-electron chi connectivity index (χ0n) is 15.4. The van der Waals surface area contributed by atoms with E-state index in [1.165, 1.54) is 11.3 Å². The molecule has 26 heavy (non-hydrogen) atoms. The number of hydrogen-bond donors (Lipinski definition) is 1. The van der Waals surface area contributed by atoms with Crippen LogP contribution >= 0.6 is 0 Å². The Balaban J connectivity index is 1.32. The lowest BCUT2D eigenvalue weighted by molar-refractivity contribution is -0.130. The average molecular weight is 355 g/mol. The Morgan fingerprint density at radius 1 is 1.35 bits per heavy atom. The molecule has 7 heteroatoms. The van der Waals surface area contributed by atoms with Crippen LogP contribution < -0.4 is 5.32 Å². The molecule has 1 amide bonds. The quantitative estimate of drug-likeness (QED) is 0.885. The van der Waals surface area contributed by atoms with Crippen LogP contribution in [0.15, 0.2) is 10.9 Å². The molecule has 0 radical (unpaired) electrons. The van der Waals surface area contributed by atoms with Gasteiger partial charge in [0.2, 0.25) is 5.91 Å². The van der Waals surface area contributed by atoms with Gasteiger partial charge in [-0.2, -0.15) is 0 Å². The summed E-state index contributed by atoms with van der Waals surface area (Å²) in [7, 11) is 0. The summed E-state index contributed by atoms with van der Waals surface area (Å²) in [6.45, 7) is 5.35. The van der Waals surface area contributed by atoms with E-state index in [9.17, 15) is 4.79 Å². The first kappa shape index (κ1) is 17.0. The number of nitrogens with zero attached hydrogens (tertiary/aromatic N) is 4. The summed E-state index contributed by atoms with van der Waals surface area (Å²) in [4.78, 5) is 23.3. The molecule has 3 heterocycles. The molecule has 1 atom stereocenters. The number of anilines is 1. The van der Waals surface area contributed by atoms with Gasteiger partial charge in [-0.1, -0.05) is 5.16 Å². The Bertz CT molecular complexity index is 797. The van der Waals surface area contributed by atoms with Crippen LogP contribution in [0.3, 0.4) is 0 Å². The second kappa shape index (κ2) is 7.05. The number of rotatable bonds is 5. The first-order chi connectivity index (χ1) is 12.6. The molecule has 1 fully saturated rings. The molecule has 2 aromatic heterocycles. The highest BCUT2D eigenvalue weighted by Gasteiger charge is 2.28. The molecule has 0 saturated carbocycles. The first-order valence-electron chi connectivity index (χ1n) is 9.40. The van der Waals surface area contributed by atoms with Gasteiger partial charge in [0.25, 0.3) is 0 Å². The van der Waals surface area contributed by atoms with E-state index in [4.69, 9.17) is 4.52 Å². The molecular formula is C19H25N5O2. The average Bonchev–Trinajstić information content (AvgIpc) is 3.35. The number of nitrogens with one attached hydrogen (secondary N) is 1. The highest BCUT2D eigenvalue weighted by atomic mass is 16.5. The predicted octanol–water partition coefficient (Wildman–Crippen LogP) is 2.22. The van der Waals surface area contributed by atoms with Gasteiger partial charge in [-0.15, -0.1) is 0 Å². The molecule has 1 unspecified atom stereocenters. The van der Waals surface area contributed by atoms with E-state index < -0.39 is 0 Å². The van der Waals surface area contributed by atoms with Crippen molar-refractivity contribution in [2.45, 2.75) is 58.4 Å². The number of amides is 1. The number of carbonyl (C=O) groups excluding carboxylic acids is 1. The van der Waals surface area contributed by atoms with E-state index >= 15 is 0 Å². The van der Waals surface area contributed by atoms with Gasteiger partial charge >= 0.3 is 0 Å². The maximum Gasteiger partial charge on any atom is 0.222 e. The smallest absolute Gasteiger partial charge is 0.222 e. The molecule has 0 spiro atoms. The summed E-state index contributed by atoms with van der Waals surface area (Å²) in [5.41, 5.74) is 4.38. The summed E-state index contributed by atoms with van der Waals surface area (Å²) in [6.07, 6.45) is 7.03. The topological polar surface area (TPSA) is 84.2 Å². The van der Waals surface area contributed by atoms with E-state index in [1.54, 1.807) is 6.33 Å². The molecule has 0 aromatic carbocycles. The van der Waals surface area contributed by atoms with Gasteiger partial charge in [0.1, 0.15) is 17.9 Å². The molecule has 1 aliphatic carbocycles. The van der Waals surface area contributed by atoms with Crippen LogP contribution in [0.4, 0.5) is 5.82 Å². The molecule has 138 valence electrons. The lowest BCUT2D eigenvalue weighted by atomic mass is 10.1. The van der Waals surface area contributed by atoms with Gasteiger partial charge in [0, 0.05) is 42.4 Å². The molecule has 2 aliphatic rings. The van der Waals surface area contributed by atoms with Crippen molar-refractivity contribution in [3.8, 4) is 0 Å². The third-order valence-corrected chi connectivity index (χ3v) is 5.53. The number of carbonyl (C=O) groups is 1. The molecular weight excluding hydrogens is 330 g/mol. The van der Waals surface area contributed by atoms with Crippen molar-refractivity contribution in [3.63, 3.8) is 0 Å². The SMILES string of the molecule is Cc1noc(C)c1CCC(=O)N1CCC(Nc2ncnc3c2CCC3)C1. The van der Waals surface area contributed by atoms with Gasteiger partial charge in [-0.25, -0.2) is 9.97 Å². The van der Waals surface area contributed by atoms with E-state index in [1.807, 2.05) is 18.7 Å². The highest BCUT2D eigenvalue weighted by Crippen LogP contribution is 2.27. The van der Waals surface area contributed by atoms with E-state index in [2.05, 4.69) is 20.4 Å². The third-order valence-electron chi connectivity index (χ3n) is 5.53. The minimum atomic E-state index is 0.196. The minimum absolute atomic E-state index is 0.196. The van der Waals surface area contributed by atoms with Crippen LogP contribution in [-0.4, -0.2) is 45.1 Å². The maximum atomic E-state index is 12.6. The van der Waals surface area contributed by atoms with Gasteiger partial charge in [0.05, 0.1) is 5.69 Å². The summed E-state index contributed by atoms with van der Waals surface area (Å²) in [5.74, 6) is 1.97. The Morgan fingerprint density at radius 2 is 2.23 bits per heavy atom. The summed E-state index contributed by atoms with van der Waals surface area (Å²) in [6, 6.07) is 0.262. The third kappa shape index (κ3) is 3.30. The van der Waals surface area contributed by atoms with Crippen LogP contribution in [0, 0.1) is 13.8 Å². The van der Waals surface area contributed by atoms with Crippen molar-refractivity contribution in [3.05, 3.63) is 34.6 Å². The van der Waals surface area contributed by atoms with Crippen molar-refractivity contribution in [1.82, 2.24) is 20.0 Å². The van der Waals surface area contributed by atoms with E-state index in [-0.39, 0.29) is 11.9 Å². The Kier molecular flexibility index (Phi) is 4.61. The number of likely N-dealkylation sites (tertiary alicyclic amines) is 1. The lowest BCUT2D eigenvalue weighted by Gasteiger charge is -2.18. The fourth-order valence-corrected chi connectivity index (χ4v) is 4.03. The zero-order valence-corrected chi connectivity index (χ0v) is 15.4. The van der Waals surface area contributed by atoms with Crippen LogP contribution in [0.1, 0.15) is 47.5 Å². The van der Waals surface area contributed by atoms with Gasteiger partial charge in [-0.3, -0.25) is 4.79 Å². The zero-order chi connectivity index (χ0) is 18.1. The lowest BCUT2D eigenvalue weighted by Crippen LogP contribution is -2.32.